The average molecular weight is 386 g/mol. The number of thioether (sulfide) groups is 1. The summed E-state index contributed by atoms with van der Waals surface area (Å²) < 4.78 is 5.17. The zero-order chi connectivity index (χ0) is 19.9. The lowest BCUT2D eigenvalue weighted by molar-refractivity contribution is -0.132. The van der Waals surface area contributed by atoms with Gasteiger partial charge in [0.25, 0.3) is 0 Å². The number of carbonyl (C=O) groups excluding carboxylic acids is 2. The van der Waals surface area contributed by atoms with Crippen LogP contribution in [0.4, 0.5) is 0 Å². The zero-order valence-electron chi connectivity index (χ0n) is 16.4. The van der Waals surface area contributed by atoms with Crippen molar-refractivity contribution in [1.29, 1.82) is 0 Å². The summed E-state index contributed by atoms with van der Waals surface area (Å²) in [7, 11) is 0. The third kappa shape index (κ3) is 6.85. The number of nitrogens with one attached hydrogen (secondary N) is 1. The fourth-order valence-electron chi connectivity index (χ4n) is 2.69. The Morgan fingerprint density at radius 2 is 1.81 bits per heavy atom. The Morgan fingerprint density at radius 1 is 1.11 bits per heavy atom. The Bertz CT molecular complexity index is 787. The molecule has 0 fully saturated rings. The molecule has 0 unspecified atom stereocenters. The number of hydrogen-bond donors (Lipinski definition) is 1. The minimum absolute atomic E-state index is 0.0208. The summed E-state index contributed by atoms with van der Waals surface area (Å²) in [5.74, 6) is 0.140. The van der Waals surface area contributed by atoms with E-state index in [1.54, 1.807) is 18.2 Å². The lowest BCUT2D eigenvalue weighted by Gasteiger charge is -2.26. The maximum atomic E-state index is 12.6. The molecule has 4 nitrogen and oxygen atoms in total. The van der Waals surface area contributed by atoms with Crippen LogP contribution in [0, 0.1) is 0 Å². The van der Waals surface area contributed by atoms with Crippen LogP contribution in [0.2, 0.25) is 0 Å². The van der Waals surface area contributed by atoms with Crippen molar-refractivity contribution in [3.63, 3.8) is 0 Å². The molecule has 2 rings (SSSR count). The number of Topliss-reactive ketones (excluding diaryl/α,β-unsaturated/α-hetero) is 1. The molecule has 5 heteroatoms. The smallest absolute Gasteiger partial charge is 0.308 e. The van der Waals surface area contributed by atoms with Gasteiger partial charge in [0, 0.05) is 18.0 Å². The van der Waals surface area contributed by atoms with Crippen LogP contribution < -0.4 is 10.1 Å². The summed E-state index contributed by atoms with van der Waals surface area (Å²) in [5.41, 5.74) is 1.76. The van der Waals surface area contributed by atoms with E-state index in [9.17, 15) is 9.59 Å². The number of ketones is 1. The number of ether oxygens (including phenoxy) is 1. The fourth-order valence-corrected chi connectivity index (χ4v) is 3.25. The molecule has 0 saturated heterocycles. The molecule has 0 atom stereocenters. The van der Waals surface area contributed by atoms with E-state index in [4.69, 9.17) is 4.74 Å². The van der Waals surface area contributed by atoms with E-state index >= 15 is 0 Å². The van der Waals surface area contributed by atoms with Crippen molar-refractivity contribution in [2.24, 2.45) is 0 Å². The summed E-state index contributed by atoms with van der Waals surface area (Å²) >= 11 is 1.45. The molecule has 2 aromatic carbocycles. The van der Waals surface area contributed by atoms with Crippen LogP contribution in [0.3, 0.4) is 0 Å². The number of hydrogen-bond acceptors (Lipinski definition) is 5. The first kappa shape index (κ1) is 21.2. The molecule has 27 heavy (non-hydrogen) atoms. The molecule has 0 bridgehead atoms. The standard InChI is InChI=1S/C22H27NO3S/c1-16(24)26-20-11-10-18(14-21(20)27-4)19(25)15-23-22(2,3)13-12-17-8-6-5-7-9-17/h5-11,14,23H,12-13,15H2,1-4H3. The van der Waals surface area contributed by atoms with Gasteiger partial charge in [0.15, 0.2) is 5.78 Å². The quantitative estimate of drug-likeness (QED) is 0.298. The Hall–Kier alpha value is -2.11. The molecular formula is C22H27NO3S. The second-order valence-corrected chi connectivity index (χ2v) is 7.95. The second kappa shape index (κ2) is 9.72. The van der Waals surface area contributed by atoms with E-state index < -0.39 is 0 Å². The third-order valence-corrected chi connectivity index (χ3v) is 5.11. The topological polar surface area (TPSA) is 55.4 Å². The highest BCUT2D eigenvalue weighted by molar-refractivity contribution is 7.98. The first-order valence-electron chi connectivity index (χ1n) is 8.99. The van der Waals surface area contributed by atoms with E-state index in [0.29, 0.717) is 11.3 Å². The van der Waals surface area contributed by atoms with Gasteiger partial charge in [-0.2, -0.15) is 0 Å². The summed E-state index contributed by atoms with van der Waals surface area (Å²) in [4.78, 5) is 24.5. The van der Waals surface area contributed by atoms with Crippen molar-refractivity contribution in [1.82, 2.24) is 5.32 Å². The Labute approximate surface area is 165 Å². The number of aryl methyl sites for hydroxylation is 1. The Morgan fingerprint density at radius 3 is 2.44 bits per heavy atom. The van der Waals surface area contributed by atoms with Crippen LogP contribution >= 0.6 is 11.8 Å². The number of rotatable bonds is 9. The summed E-state index contributed by atoms with van der Waals surface area (Å²) in [6.45, 7) is 5.85. The van der Waals surface area contributed by atoms with Gasteiger partial charge in [-0.05, 0) is 56.7 Å². The zero-order valence-corrected chi connectivity index (χ0v) is 17.2. The van der Waals surface area contributed by atoms with Gasteiger partial charge < -0.3 is 10.1 Å². The first-order chi connectivity index (χ1) is 12.8. The molecule has 0 saturated carbocycles. The van der Waals surface area contributed by atoms with Crippen LogP contribution in [0.5, 0.6) is 5.75 Å². The van der Waals surface area contributed by atoms with Gasteiger partial charge in [-0.25, -0.2) is 0 Å². The van der Waals surface area contributed by atoms with Gasteiger partial charge in [0.1, 0.15) is 5.75 Å². The number of carbonyl (C=O) groups is 2. The Kier molecular flexibility index (Phi) is 7.63. The minimum Gasteiger partial charge on any atom is -0.426 e. The Balaban J connectivity index is 1.94. The molecule has 0 amide bonds. The molecule has 0 aliphatic carbocycles. The highest BCUT2D eigenvalue weighted by atomic mass is 32.2. The number of esters is 1. The highest BCUT2D eigenvalue weighted by Crippen LogP contribution is 2.29. The van der Waals surface area contributed by atoms with Crippen LogP contribution in [-0.4, -0.2) is 30.1 Å². The van der Waals surface area contributed by atoms with Gasteiger partial charge in [0.2, 0.25) is 0 Å². The van der Waals surface area contributed by atoms with Crippen molar-refractivity contribution < 1.29 is 14.3 Å². The third-order valence-electron chi connectivity index (χ3n) is 4.35. The maximum absolute atomic E-state index is 12.6. The van der Waals surface area contributed by atoms with E-state index in [2.05, 4.69) is 31.3 Å². The largest absolute Gasteiger partial charge is 0.426 e. The van der Waals surface area contributed by atoms with E-state index in [0.717, 1.165) is 17.7 Å². The lowest BCUT2D eigenvalue weighted by atomic mass is 9.95. The molecule has 0 aliphatic heterocycles. The monoisotopic (exact) mass is 385 g/mol. The molecule has 0 spiro atoms. The average Bonchev–Trinajstić information content (AvgIpc) is 2.65. The van der Waals surface area contributed by atoms with Crippen molar-refractivity contribution in [2.45, 2.75) is 44.0 Å². The first-order valence-corrected chi connectivity index (χ1v) is 10.2. The van der Waals surface area contributed by atoms with E-state index in [-0.39, 0.29) is 23.8 Å². The second-order valence-electron chi connectivity index (χ2n) is 7.11. The minimum atomic E-state index is -0.369. The van der Waals surface area contributed by atoms with E-state index in [1.807, 2.05) is 24.5 Å². The molecule has 144 valence electrons. The molecule has 0 heterocycles. The van der Waals surface area contributed by atoms with Crippen molar-refractivity contribution in [3.05, 3.63) is 59.7 Å². The predicted octanol–water partition coefficient (Wildman–Crippen LogP) is 4.52. The van der Waals surface area contributed by atoms with Gasteiger partial charge >= 0.3 is 5.97 Å². The fraction of sp³-hybridized carbons (Fsp3) is 0.364. The molecule has 0 aromatic heterocycles. The molecular weight excluding hydrogens is 358 g/mol. The summed E-state index contributed by atoms with van der Waals surface area (Å²) in [6.07, 6.45) is 3.79. The summed E-state index contributed by atoms with van der Waals surface area (Å²) in [6, 6.07) is 15.5. The van der Waals surface area contributed by atoms with Crippen LogP contribution in [0.1, 0.15) is 43.1 Å². The maximum Gasteiger partial charge on any atom is 0.308 e. The molecule has 2 aromatic rings. The van der Waals surface area contributed by atoms with Gasteiger partial charge in [0.05, 0.1) is 11.4 Å². The SMILES string of the molecule is CSc1cc(C(=O)CNC(C)(C)CCc2ccccc2)ccc1OC(C)=O. The highest BCUT2D eigenvalue weighted by Gasteiger charge is 2.19. The lowest BCUT2D eigenvalue weighted by Crippen LogP contribution is -2.42. The molecule has 0 radical (unpaired) electrons. The summed E-state index contributed by atoms with van der Waals surface area (Å²) in [5, 5.41) is 3.37. The normalized spacial score (nSPS) is 11.3. The van der Waals surface area contributed by atoms with Crippen molar-refractivity contribution in [3.8, 4) is 5.75 Å². The van der Waals surface area contributed by atoms with E-state index in [1.165, 1.54) is 24.2 Å². The van der Waals surface area contributed by atoms with Crippen LogP contribution in [0.15, 0.2) is 53.4 Å². The predicted molar refractivity (Wildman–Crippen MR) is 111 cm³/mol. The van der Waals surface area contributed by atoms with Gasteiger partial charge in [-0.1, -0.05) is 30.3 Å². The van der Waals surface area contributed by atoms with Crippen molar-refractivity contribution in [2.75, 3.05) is 12.8 Å². The number of benzene rings is 2. The van der Waals surface area contributed by atoms with Crippen molar-refractivity contribution >= 4 is 23.5 Å². The van der Waals surface area contributed by atoms with Crippen LogP contribution in [0.25, 0.3) is 0 Å². The van der Waals surface area contributed by atoms with Crippen LogP contribution in [-0.2, 0) is 11.2 Å². The van der Waals surface area contributed by atoms with Gasteiger partial charge in [-0.15, -0.1) is 11.8 Å². The molecule has 0 aliphatic rings. The molecule has 1 N–H and O–H groups in total. The van der Waals surface area contributed by atoms with Gasteiger partial charge in [-0.3, -0.25) is 9.59 Å².